The summed E-state index contributed by atoms with van der Waals surface area (Å²) in [7, 11) is 0. The first-order valence-electron chi connectivity index (χ1n) is 9.26. The van der Waals surface area contributed by atoms with Gasteiger partial charge in [0.1, 0.15) is 16.6 Å². The van der Waals surface area contributed by atoms with Crippen molar-refractivity contribution in [2.45, 2.75) is 39.2 Å². The molecule has 7 nitrogen and oxygen atoms in total. The van der Waals surface area contributed by atoms with Crippen molar-refractivity contribution in [3.63, 3.8) is 0 Å². The van der Waals surface area contributed by atoms with Crippen LogP contribution in [0.25, 0.3) is 0 Å². The number of rotatable bonds is 6. The van der Waals surface area contributed by atoms with Crippen LogP contribution in [0.2, 0.25) is 0 Å². The topological polar surface area (TPSA) is 79.7 Å². The molecule has 0 amide bonds. The highest BCUT2D eigenvalue weighted by Gasteiger charge is 2.26. The van der Waals surface area contributed by atoms with Gasteiger partial charge in [-0.2, -0.15) is 0 Å². The standard InChI is InChI=1S/C19H23N7S/c1-3-17-24-25-19(27-17)23-16-9-13(2)21-18(22-16)15-6-8-26(12-15)11-14-5-4-7-20-10-14/h4-5,7,9-10,15H,3,6,8,11-12H2,1-2H3,(H,21,22,23,25)/t15-/m1/s1. The van der Waals surface area contributed by atoms with E-state index >= 15 is 0 Å². The second-order valence-electron chi connectivity index (χ2n) is 6.81. The van der Waals surface area contributed by atoms with Crippen molar-refractivity contribution in [2.75, 3.05) is 18.4 Å². The summed E-state index contributed by atoms with van der Waals surface area (Å²) in [6, 6.07) is 6.07. The first-order chi connectivity index (χ1) is 13.2. The molecule has 0 saturated carbocycles. The molecular formula is C19H23N7S. The molecule has 1 fully saturated rings. The highest BCUT2D eigenvalue weighted by Crippen LogP contribution is 2.28. The molecule has 0 aliphatic carbocycles. The quantitative estimate of drug-likeness (QED) is 0.701. The van der Waals surface area contributed by atoms with Crippen LogP contribution >= 0.6 is 11.3 Å². The summed E-state index contributed by atoms with van der Waals surface area (Å²) in [5.74, 6) is 2.05. The minimum Gasteiger partial charge on any atom is -0.315 e. The van der Waals surface area contributed by atoms with Crippen LogP contribution < -0.4 is 5.32 Å². The molecule has 1 atom stereocenters. The lowest BCUT2D eigenvalue weighted by atomic mass is 10.1. The molecule has 3 aromatic rings. The molecule has 3 aromatic heterocycles. The molecule has 0 unspecified atom stereocenters. The van der Waals surface area contributed by atoms with Gasteiger partial charge in [-0.15, -0.1) is 10.2 Å². The monoisotopic (exact) mass is 381 g/mol. The summed E-state index contributed by atoms with van der Waals surface area (Å²) >= 11 is 1.57. The Balaban J connectivity index is 1.45. The van der Waals surface area contributed by atoms with Crippen LogP contribution in [0.1, 0.15) is 41.4 Å². The number of nitrogens with zero attached hydrogens (tertiary/aromatic N) is 6. The predicted molar refractivity (Wildman–Crippen MR) is 106 cm³/mol. The second-order valence-corrected chi connectivity index (χ2v) is 7.88. The van der Waals surface area contributed by atoms with Gasteiger partial charge in [-0.05, 0) is 37.9 Å². The fourth-order valence-corrected chi connectivity index (χ4v) is 4.02. The lowest BCUT2D eigenvalue weighted by Gasteiger charge is -2.16. The van der Waals surface area contributed by atoms with Crippen molar-refractivity contribution in [2.24, 2.45) is 0 Å². The molecular weight excluding hydrogens is 358 g/mol. The van der Waals surface area contributed by atoms with E-state index in [2.05, 4.69) is 38.4 Å². The summed E-state index contributed by atoms with van der Waals surface area (Å²) in [6.07, 6.45) is 5.71. The van der Waals surface area contributed by atoms with E-state index in [1.165, 1.54) is 5.56 Å². The molecule has 1 aliphatic heterocycles. The van der Waals surface area contributed by atoms with Crippen LogP contribution in [0, 0.1) is 6.92 Å². The molecule has 1 N–H and O–H groups in total. The molecule has 0 radical (unpaired) electrons. The Morgan fingerprint density at radius 1 is 1.30 bits per heavy atom. The SMILES string of the molecule is CCc1nnc(Nc2cc(C)nc([C@@H]3CCN(Cc4cccnc4)C3)n2)s1. The molecule has 140 valence electrons. The van der Waals surface area contributed by atoms with E-state index in [0.29, 0.717) is 5.92 Å². The van der Waals surface area contributed by atoms with E-state index in [1.807, 2.05) is 31.5 Å². The number of likely N-dealkylation sites (tertiary alicyclic amines) is 1. The summed E-state index contributed by atoms with van der Waals surface area (Å²) < 4.78 is 0. The van der Waals surface area contributed by atoms with E-state index in [-0.39, 0.29) is 0 Å². The number of pyridine rings is 1. The number of aryl methyl sites for hydroxylation is 2. The van der Waals surface area contributed by atoms with Gasteiger partial charge in [-0.1, -0.05) is 24.3 Å². The minimum absolute atomic E-state index is 0.350. The summed E-state index contributed by atoms with van der Waals surface area (Å²) in [4.78, 5) is 16.1. The summed E-state index contributed by atoms with van der Waals surface area (Å²) in [5.41, 5.74) is 2.21. The average molecular weight is 382 g/mol. The zero-order valence-electron chi connectivity index (χ0n) is 15.6. The van der Waals surface area contributed by atoms with Gasteiger partial charge in [0.2, 0.25) is 5.13 Å². The zero-order valence-corrected chi connectivity index (χ0v) is 16.4. The predicted octanol–water partition coefficient (Wildman–Crippen LogP) is 3.33. The third-order valence-corrected chi connectivity index (χ3v) is 5.63. The Morgan fingerprint density at radius 2 is 2.22 bits per heavy atom. The molecule has 1 saturated heterocycles. The molecule has 8 heteroatoms. The number of nitrogens with one attached hydrogen (secondary N) is 1. The maximum atomic E-state index is 4.77. The molecule has 0 spiro atoms. The maximum absolute atomic E-state index is 4.77. The van der Waals surface area contributed by atoms with Crippen molar-refractivity contribution in [1.29, 1.82) is 0 Å². The van der Waals surface area contributed by atoms with Gasteiger partial charge in [0.15, 0.2) is 0 Å². The maximum Gasteiger partial charge on any atom is 0.211 e. The number of hydrogen-bond acceptors (Lipinski definition) is 8. The Bertz CT molecular complexity index is 896. The van der Waals surface area contributed by atoms with Gasteiger partial charge < -0.3 is 5.32 Å². The average Bonchev–Trinajstić information content (AvgIpc) is 3.31. The van der Waals surface area contributed by atoms with Crippen LogP contribution in [0.3, 0.4) is 0 Å². The highest BCUT2D eigenvalue weighted by molar-refractivity contribution is 7.15. The van der Waals surface area contributed by atoms with Gasteiger partial charge in [-0.3, -0.25) is 9.88 Å². The summed E-state index contributed by atoms with van der Waals surface area (Å²) in [5, 5.41) is 13.4. The molecule has 1 aliphatic rings. The fraction of sp³-hybridized carbons (Fsp3) is 0.421. The molecule has 4 heterocycles. The van der Waals surface area contributed by atoms with E-state index in [9.17, 15) is 0 Å². The molecule has 27 heavy (non-hydrogen) atoms. The Kier molecular flexibility index (Phi) is 5.35. The van der Waals surface area contributed by atoms with Gasteiger partial charge >= 0.3 is 0 Å². The number of hydrogen-bond donors (Lipinski definition) is 1. The van der Waals surface area contributed by atoms with E-state index in [4.69, 9.17) is 9.97 Å². The fourth-order valence-electron chi connectivity index (χ4n) is 3.33. The summed E-state index contributed by atoms with van der Waals surface area (Å²) in [6.45, 7) is 7.03. The number of aromatic nitrogens is 5. The highest BCUT2D eigenvalue weighted by atomic mass is 32.1. The van der Waals surface area contributed by atoms with Crippen LogP contribution in [-0.4, -0.2) is 43.1 Å². The smallest absolute Gasteiger partial charge is 0.211 e. The second kappa shape index (κ2) is 8.06. The van der Waals surface area contributed by atoms with Gasteiger partial charge in [-0.25, -0.2) is 9.97 Å². The van der Waals surface area contributed by atoms with E-state index < -0.39 is 0 Å². The van der Waals surface area contributed by atoms with E-state index in [1.54, 1.807) is 11.3 Å². The van der Waals surface area contributed by atoms with Crippen molar-refractivity contribution in [3.05, 3.63) is 52.7 Å². The van der Waals surface area contributed by atoms with Crippen LogP contribution in [0.4, 0.5) is 10.9 Å². The normalized spacial score (nSPS) is 17.3. The van der Waals surface area contributed by atoms with Crippen molar-refractivity contribution >= 4 is 22.3 Å². The molecule has 0 bridgehead atoms. The van der Waals surface area contributed by atoms with Gasteiger partial charge in [0, 0.05) is 43.2 Å². The van der Waals surface area contributed by atoms with Crippen LogP contribution in [0.5, 0.6) is 0 Å². The van der Waals surface area contributed by atoms with Crippen LogP contribution in [0.15, 0.2) is 30.6 Å². The zero-order chi connectivity index (χ0) is 18.6. The molecule has 0 aromatic carbocycles. The minimum atomic E-state index is 0.350. The van der Waals surface area contributed by atoms with Gasteiger partial charge in [0.25, 0.3) is 0 Å². The first kappa shape index (κ1) is 17.9. The largest absolute Gasteiger partial charge is 0.315 e. The van der Waals surface area contributed by atoms with Crippen molar-refractivity contribution in [1.82, 2.24) is 30.0 Å². The van der Waals surface area contributed by atoms with Gasteiger partial charge in [0.05, 0.1) is 0 Å². The lowest BCUT2D eigenvalue weighted by molar-refractivity contribution is 0.325. The third-order valence-electron chi connectivity index (χ3n) is 4.64. The van der Waals surface area contributed by atoms with Crippen molar-refractivity contribution in [3.8, 4) is 0 Å². The number of anilines is 2. The Labute approximate surface area is 162 Å². The third kappa shape index (κ3) is 4.45. The van der Waals surface area contributed by atoms with E-state index in [0.717, 1.165) is 60.0 Å². The van der Waals surface area contributed by atoms with Crippen molar-refractivity contribution < 1.29 is 0 Å². The lowest BCUT2D eigenvalue weighted by Crippen LogP contribution is -2.20. The van der Waals surface area contributed by atoms with Crippen LogP contribution in [-0.2, 0) is 13.0 Å². The molecule has 4 rings (SSSR count). The Hall–Kier alpha value is -2.45. The Morgan fingerprint density at radius 3 is 3.00 bits per heavy atom. The first-order valence-corrected chi connectivity index (χ1v) is 10.1.